The first-order valence-corrected chi connectivity index (χ1v) is 3.71. The highest BCUT2D eigenvalue weighted by molar-refractivity contribution is 5.77. The lowest BCUT2D eigenvalue weighted by molar-refractivity contribution is 0.273. The fraction of sp³-hybridized carbons (Fsp3) is 0.250. The van der Waals surface area contributed by atoms with Crippen molar-refractivity contribution in [3.05, 3.63) is 23.8 Å². The molecule has 2 aromatic heterocycles. The Balaban J connectivity index is 2.74. The van der Waals surface area contributed by atoms with Gasteiger partial charge in [0.2, 0.25) is 0 Å². The summed E-state index contributed by atoms with van der Waals surface area (Å²) in [5.74, 6) is 0.584. The molecular formula is C8H9N3O. The second-order valence-corrected chi connectivity index (χ2v) is 2.69. The Bertz CT molecular complexity index is 408. The van der Waals surface area contributed by atoms with Crippen LogP contribution in [0.1, 0.15) is 11.4 Å². The van der Waals surface area contributed by atoms with Gasteiger partial charge in [-0.3, -0.25) is 4.98 Å². The summed E-state index contributed by atoms with van der Waals surface area (Å²) in [6.45, 7) is 1.88. The first-order chi connectivity index (χ1) is 5.81. The Morgan fingerprint density at radius 2 is 2.33 bits per heavy atom. The van der Waals surface area contributed by atoms with Crippen LogP contribution in [0.4, 0.5) is 0 Å². The zero-order valence-corrected chi connectivity index (χ0v) is 6.70. The fourth-order valence-corrected chi connectivity index (χ4v) is 1.19. The third kappa shape index (κ3) is 0.967. The van der Waals surface area contributed by atoms with E-state index in [0.717, 1.165) is 16.6 Å². The van der Waals surface area contributed by atoms with Crippen molar-refractivity contribution in [3.8, 4) is 0 Å². The van der Waals surface area contributed by atoms with Crippen LogP contribution >= 0.6 is 0 Å². The molecule has 0 aliphatic carbocycles. The minimum atomic E-state index is -0.0614. The number of hydrogen-bond acceptors (Lipinski definition) is 3. The third-order valence-corrected chi connectivity index (χ3v) is 1.78. The minimum Gasteiger partial charge on any atom is -0.388 e. The number of nitrogens with zero attached hydrogens (tertiary/aromatic N) is 2. The smallest absolute Gasteiger partial charge is 0.133 e. The lowest BCUT2D eigenvalue weighted by atomic mass is 10.3. The van der Waals surface area contributed by atoms with E-state index < -0.39 is 0 Å². The first-order valence-electron chi connectivity index (χ1n) is 3.71. The summed E-state index contributed by atoms with van der Waals surface area (Å²) < 4.78 is 0. The van der Waals surface area contributed by atoms with Gasteiger partial charge in [-0.2, -0.15) is 0 Å². The van der Waals surface area contributed by atoms with Crippen LogP contribution in [-0.2, 0) is 6.61 Å². The molecule has 0 atom stereocenters. The molecule has 2 aromatic rings. The molecule has 4 nitrogen and oxygen atoms in total. The van der Waals surface area contributed by atoms with Crippen LogP contribution in [0.25, 0.3) is 11.0 Å². The van der Waals surface area contributed by atoms with E-state index in [-0.39, 0.29) is 6.61 Å². The monoisotopic (exact) mass is 163 g/mol. The van der Waals surface area contributed by atoms with Crippen LogP contribution < -0.4 is 0 Å². The molecule has 2 rings (SSSR count). The molecular weight excluding hydrogens is 154 g/mol. The number of aliphatic hydroxyl groups is 1. The van der Waals surface area contributed by atoms with E-state index in [2.05, 4.69) is 15.0 Å². The molecule has 0 bridgehead atoms. The van der Waals surface area contributed by atoms with E-state index in [1.165, 1.54) is 0 Å². The number of H-pyrrole nitrogens is 1. The molecule has 0 aliphatic heterocycles. The van der Waals surface area contributed by atoms with Gasteiger partial charge in [-0.1, -0.05) is 0 Å². The topological polar surface area (TPSA) is 61.8 Å². The largest absolute Gasteiger partial charge is 0.388 e. The molecule has 0 fully saturated rings. The molecule has 12 heavy (non-hydrogen) atoms. The number of imidazole rings is 1. The first kappa shape index (κ1) is 7.24. The number of aromatic amines is 1. The number of pyridine rings is 1. The second-order valence-electron chi connectivity index (χ2n) is 2.69. The normalized spacial score (nSPS) is 10.8. The zero-order chi connectivity index (χ0) is 8.55. The molecule has 0 aromatic carbocycles. The second kappa shape index (κ2) is 2.57. The lowest BCUT2D eigenvalue weighted by Crippen LogP contribution is -1.83. The molecule has 62 valence electrons. The number of rotatable bonds is 1. The van der Waals surface area contributed by atoms with E-state index in [4.69, 9.17) is 5.11 Å². The van der Waals surface area contributed by atoms with Crippen LogP contribution in [0.3, 0.4) is 0 Å². The van der Waals surface area contributed by atoms with Gasteiger partial charge in [0.25, 0.3) is 0 Å². The van der Waals surface area contributed by atoms with Crippen LogP contribution in [0.5, 0.6) is 0 Å². The van der Waals surface area contributed by atoms with E-state index in [9.17, 15) is 0 Å². The van der Waals surface area contributed by atoms with E-state index in [0.29, 0.717) is 5.82 Å². The zero-order valence-electron chi connectivity index (χ0n) is 6.70. The summed E-state index contributed by atoms with van der Waals surface area (Å²) in [4.78, 5) is 11.2. The number of hydrogen-bond donors (Lipinski definition) is 2. The average molecular weight is 163 g/mol. The van der Waals surface area contributed by atoms with Gasteiger partial charge in [-0.15, -0.1) is 0 Å². The molecule has 4 heteroatoms. The van der Waals surface area contributed by atoms with Gasteiger partial charge in [0.05, 0.1) is 17.2 Å². The van der Waals surface area contributed by atoms with Gasteiger partial charge < -0.3 is 10.1 Å². The van der Waals surface area contributed by atoms with Gasteiger partial charge in [0.1, 0.15) is 12.4 Å². The standard InChI is InChI=1S/C8H9N3O/c1-5-2-9-3-6-8(5)11-7(4-12)10-6/h2-3,12H,4H2,1H3,(H,10,11). The summed E-state index contributed by atoms with van der Waals surface area (Å²) in [6.07, 6.45) is 3.46. The maximum Gasteiger partial charge on any atom is 0.133 e. The Kier molecular flexibility index (Phi) is 1.55. The van der Waals surface area contributed by atoms with Gasteiger partial charge in [0.15, 0.2) is 0 Å². The molecule has 0 saturated heterocycles. The molecule has 2 heterocycles. The molecule has 0 spiro atoms. The minimum absolute atomic E-state index is 0.0614. The maximum atomic E-state index is 8.82. The van der Waals surface area contributed by atoms with Gasteiger partial charge >= 0.3 is 0 Å². The van der Waals surface area contributed by atoms with Crippen LogP contribution in [0, 0.1) is 6.92 Å². The Hall–Kier alpha value is -1.42. The molecule has 2 N–H and O–H groups in total. The van der Waals surface area contributed by atoms with Crippen LogP contribution in [-0.4, -0.2) is 20.1 Å². The highest BCUT2D eigenvalue weighted by Gasteiger charge is 2.02. The predicted octanol–water partition coefficient (Wildman–Crippen LogP) is 0.759. The number of fused-ring (bicyclic) bond motifs is 1. The van der Waals surface area contributed by atoms with Crippen molar-refractivity contribution in [2.75, 3.05) is 0 Å². The third-order valence-electron chi connectivity index (χ3n) is 1.78. The highest BCUT2D eigenvalue weighted by atomic mass is 16.3. The Morgan fingerprint density at radius 3 is 3.00 bits per heavy atom. The van der Waals surface area contributed by atoms with Crippen molar-refractivity contribution in [3.63, 3.8) is 0 Å². The average Bonchev–Trinajstić information content (AvgIpc) is 2.49. The Labute approximate surface area is 69.3 Å². The number of aliphatic hydroxyl groups excluding tert-OH is 1. The van der Waals surface area contributed by atoms with Crippen molar-refractivity contribution in [2.24, 2.45) is 0 Å². The number of aromatic nitrogens is 3. The summed E-state index contributed by atoms with van der Waals surface area (Å²) in [6, 6.07) is 0. The van der Waals surface area contributed by atoms with E-state index in [1.807, 2.05) is 6.92 Å². The van der Waals surface area contributed by atoms with Gasteiger partial charge in [0, 0.05) is 6.20 Å². The Morgan fingerprint density at radius 1 is 1.50 bits per heavy atom. The fourth-order valence-electron chi connectivity index (χ4n) is 1.19. The quantitative estimate of drug-likeness (QED) is 0.652. The predicted molar refractivity (Wildman–Crippen MR) is 44.5 cm³/mol. The highest BCUT2D eigenvalue weighted by Crippen LogP contribution is 2.13. The van der Waals surface area contributed by atoms with Gasteiger partial charge in [-0.05, 0) is 12.5 Å². The maximum absolute atomic E-state index is 8.82. The molecule has 0 radical (unpaired) electrons. The number of aryl methyl sites for hydroxylation is 1. The van der Waals surface area contributed by atoms with Gasteiger partial charge in [-0.25, -0.2) is 4.98 Å². The summed E-state index contributed by atoms with van der Waals surface area (Å²) in [5, 5.41) is 8.82. The molecule has 0 saturated carbocycles. The summed E-state index contributed by atoms with van der Waals surface area (Å²) in [5.41, 5.74) is 2.77. The van der Waals surface area contributed by atoms with Crippen LogP contribution in [0.2, 0.25) is 0 Å². The summed E-state index contributed by atoms with van der Waals surface area (Å²) >= 11 is 0. The van der Waals surface area contributed by atoms with Crippen molar-refractivity contribution >= 4 is 11.0 Å². The van der Waals surface area contributed by atoms with Crippen molar-refractivity contribution < 1.29 is 5.11 Å². The van der Waals surface area contributed by atoms with E-state index >= 15 is 0 Å². The van der Waals surface area contributed by atoms with Crippen molar-refractivity contribution in [1.29, 1.82) is 0 Å². The lowest BCUT2D eigenvalue weighted by Gasteiger charge is -1.89. The van der Waals surface area contributed by atoms with Crippen LogP contribution in [0.15, 0.2) is 12.4 Å². The molecule has 0 unspecified atom stereocenters. The van der Waals surface area contributed by atoms with Crippen molar-refractivity contribution in [1.82, 2.24) is 15.0 Å². The summed E-state index contributed by atoms with van der Waals surface area (Å²) in [7, 11) is 0. The number of nitrogens with one attached hydrogen (secondary N) is 1. The van der Waals surface area contributed by atoms with E-state index in [1.54, 1.807) is 12.4 Å². The SMILES string of the molecule is Cc1cncc2[nH]c(CO)nc12. The molecule has 0 amide bonds. The molecule has 0 aliphatic rings. The van der Waals surface area contributed by atoms with Crippen molar-refractivity contribution in [2.45, 2.75) is 13.5 Å².